The molecule has 0 radical (unpaired) electrons. The summed E-state index contributed by atoms with van der Waals surface area (Å²) in [6.07, 6.45) is -4.67. The van der Waals surface area contributed by atoms with Crippen LogP contribution in [0.15, 0.2) is 16.9 Å². The Balaban J connectivity index is 2.63. The van der Waals surface area contributed by atoms with Crippen LogP contribution >= 0.6 is 0 Å². The van der Waals surface area contributed by atoms with Crippen molar-refractivity contribution >= 4 is 0 Å². The van der Waals surface area contributed by atoms with Crippen LogP contribution < -0.4 is 5.56 Å². The van der Waals surface area contributed by atoms with Gasteiger partial charge in [-0.1, -0.05) is 0 Å². The fourth-order valence-electron chi connectivity index (χ4n) is 1.53. The van der Waals surface area contributed by atoms with Crippen molar-refractivity contribution in [2.75, 3.05) is 0 Å². The second-order valence-corrected chi connectivity index (χ2v) is 3.79. The number of rotatable bonds is 1. The van der Waals surface area contributed by atoms with Crippen LogP contribution in [0.4, 0.5) is 13.2 Å². The molecule has 0 amide bonds. The van der Waals surface area contributed by atoms with Crippen molar-refractivity contribution in [1.82, 2.24) is 19.7 Å². The van der Waals surface area contributed by atoms with Gasteiger partial charge in [0, 0.05) is 11.8 Å². The monoisotopic (exact) mass is 258 g/mol. The molecule has 96 valence electrons. The summed E-state index contributed by atoms with van der Waals surface area (Å²) in [6, 6.07) is 2.08. The summed E-state index contributed by atoms with van der Waals surface area (Å²) in [6.45, 7) is 3.34. The highest BCUT2D eigenvalue weighted by atomic mass is 19.4. The largest absolute Gasteiger partial charge is 0.433 e. The van der Waals surface area contributed by atoms with Gasteiger partial charge in [0.1, 0.15) is 0 Å². The summed E-state index contributed by atoms with van der Waals surface area (Å²) in [5.41, 5.74) is -0.920. The zero-order chi connectivity index (χ0) is 13.5. The third-order valence-corrected chi connectivity index (χ3v) is 2.23. The summed E-state index contributed by atoms with van der Waals surface area (Å²) in [7, 11) is 0. The van der Waals surface area contributed by atoms with Crippen LogP contribution in [-0.4, -0.2) is 19.7 Å². The van der Waals surface area contributed by atoms with E-state index >= 15 is 0 Å². The van der Waals surface area contributed by atoms with Crippen LogP contribution in [0.5, 0.6) is 0 Å². The maximum Gasteiger partial charge on any atom is 0.433 e. The first kappa shape index (κ1) is 12.3. The predicted molar refractivity (Wildman–Crippen MR) is 56.5 cm³/mol. The molecule has 0 aliphatic rings. The van der Waals surface area contributed by atoms with Gasteiger partial charge in [0.15, 0.2) is 5.69 Å². The summed E-state index contributed by atoms with van der Waals surface area (Å²) in [4.78, 5) is 16.8. The van der Waals surface area contributed by atoms with Crippen molar-refractivity contribution in [2.24, 2.45) is 0 Å². The molecule has 1 N–H and O–H groups in total. The normalized spacial score (nSPS) is 11.8. The number of aromatic nitrogens is 4. The van der Waals surface area contributed by atoms with Gasteiger partial charge in [0.2, 0.25) is 5.95 Å². The smallest absolute Gasteiger partial charge is 0.291 e. The Hall–Kier alpha value is -2.12. The molecule has 8 heteroatoms. The fraction of sp³-hybridized carbons (Fsp3) is 0.300. The predicted octanol–water partition coefficient (Wildman–Crippen LogP) is 1.59. The SMILES string of the molecule is Cc1cc(C)n(-c2nc(C(F)(F)F)cc(=O)[nH]2)n1. The standard InChI is InChI=1S/C10H9F3N4O/c1-5-3-6(2)17(16-5)9-14-7(10(11,12)13)4-8(18)15-9/h3-4H,1-2H3,(H,14,15,18). The van der Waals surface area contributed by atoms with Gasteiger partial charge in [0.25, 0.3) is 5.56 Å². The van der Waals surface area contributed by atoms with E-state index in [1.807, 2.05) is 0 Å². The van der Waals surface area contributed by atoms with Crippen molar-refractivity contribution in [3.8, 4) is 5.95 Å². The molecule has 0 unspecified atom stereocenters. The van der Waals surface area contributed by atoms with Crippen molar-refractivity contribution < 1.29 is 13.2 Å². The number of aryl methyl sites for hydroxylation is 2. The average Bonchev–Trinajstić information content (AvgIpc) is 2.55. The lowest BCUT2D eigenvalue weighted by Gasteiger charge is -2.08. The van der Waals surface area contributed by atoms with Gasteiger partial charge in [-0.3, -0.25) is 9.78 Å². The average molecular weight is 258 g/mol. The van der Waals surface area contributed by atoms with Crippen LogP contribution in [0.2, 0.25) is 0 Å². The molecule has 5 nitrogen and oxygen atoms in total. The maximum atomic E-state index is 12.5. The molecule has 2 heterocycles. The van der Waals surface area contributed by atoms with Crippen molar-refractivity contribution in [3.63, 3.8) is 0 Å². The number of alkyl halides is 3. The van der Waals surface area contributed by atoms with Crippen LogP contribution in [0.3, 0.4) is 0 Å². The Morgan fingerprint density at radius 3 is 2.44 bits per heavy atom. The van der Waals surface area contributed by atoms with E-state index in [9.17, 15) is 18.0 Å². The molecule has 18 heavy (non-hydrogen) atoms. The molecular formula is C10H9F3N4O. The van der Waals surface area contributed by atoms with E-state index in [0.29, 0.717) is 17.5 Å². The molecule has 0 aliphatic heterocycles. The maximum absolute atomic E-state index is 12.5. The highest BCUT2D eigenvalue weighted by Crippen LogP contribution is 2.26. The Labute approximate surface area is 99.3 Å². The molecule has 2 rings (SSSR count). The number of hydrogen-bond donors (Lipinski definition) is 1. The first-order chi connectivity index (χ1) is 8.27. The van der Waals surface area contributed by atoms with E-state index in [1.54, 1.807) is 19.9 Å². The van der Waals surface area contributed by atoms with E-state index in [-0.39, 0.29) is 5.95 Å². The summed E-state index contributed by atoms with van der Waals surface area (Å²) in [5.74, 6) is -0.250. The third-order valence-electron chi connectivity index (χ3n) is 2.23. The molecule has 0 aromatic carbocycles. The molecule has 0 bridgehead atoms. The highest BCUT2D eigenvalue weighted by molar-refractivity contribution is 5.20. The number of hydrogen-bond acceptors (Lipinski definition) is 3. The topological polar surface area (TPSA) is 63.6 Å². The minimum atomic E-state index is -4.67. The quantitative estimate of drug-likeness (QED) is 0.844. The lowest BCUT2D eigenvalue weighted by Crippen LogP contribution is -2.20. The minimum Gasteiger partial charge on any atom is -0.291 e. The van der Waals surface area contributed by atoms with E-state index in [4.69, 9.17) is 0 Å². The number of nitrogens with one attached hydrogen (secondary N) is 1. The van der Waals surface area contributed by atoms with E-state index in [1.165, 1.54) is 0 Å². The molecule has 2 aromatic heterocycles. The molecule has 0 atom stereocenters. The lowest BCUT2D eigenvalue weighted by molar-refractivity contribution is -0.141. The van der Waals surface area contributed by atoms with Gasteiger partial charge >= 0.3 is 6.18 Å². The molecule has 0 fully saturated rings. The Kier molecular flexibility index (Phi) is 2.72. The fourth-order valence-corrected chi connectivity index (χ4v) is 1.53. The summed E-state index contributed by atoms with van der Waals surface area (Å²) in [5, 5.41) is 3.96. The van der Waals surface area contributed by atoms with Gasteiger partial charge in [0.05, 0.1) is 5.69 Å². The molecule has 0 spiro atoms. The summed E-state index contributed by atoms with van der Waals surface area (Å²) < 4.78 is 38.7. The zero-order valence-electron chi connectivity index (χ0n) is 9.54. The van der Waals surface area contributed by atoms with E-state index in [2.05, 4.69) is 15.1 Å². The van der Waals surface area contributed by atoms with Crippen LogP contribution in [0, 0.1) is 13.8 Å². The Bertz CT molecular complexity index is 641. The molecular weight excluding hydrogens is 249 g/mol. The van der Waals surface area contributed by atoms with Crippen LogP contribution in [-0.2, 0) is 6.18 Å². The number of nitrogens with zero attached hydrogens (tertiary/aromatic N) is 3. The molecule has 2 aromatic rings. The molecule has 0 saturated heterocycles. The first-order valence-corrected chi connectivity index (χ1v) is 4.99. The van der Waals surface area contributed by atoms with Gasteiger partial charge in [-0.25, -0.2) is 9.67 Å². The Morgan fingerprint density at radius 2 is 1.94 bits per heavy atom. The number of aromatic amines is 1. The number of H-pyrrole nitrogens is 1. The van der Waals surface area contributed by atoms with Crippen LogP contribution in [0.25, 0.3) is 5.95 Å². The van der Waals surface area contributed by atoms with Gasteiger partial charge in [-0.15, -0.1) is 0 Å². The van der Waals surface area contributed by atoms with Gasteiger partial charge < -0.3 is 0 Å². The van der Waals surface area contributed by atoms with Crippen molar-refractivity contribution in [2.45, 2.75) is 20.0 Å². The van der Waals surface area contributed by atoms with E-state index in [0.717, 1.165) is 4.68 Å². The third kappa shape index (κ3) is 2.27. The second kappa shape index (κ2) is 3.97. The summed E-state index contributed by atoms with van der Waals surface area (Å²) >= 11 is 0. The zero-order valence-corrected chi connectivity index (χ0v) is 9.54. The Morgan fingerprint density at radius 1 is 1.28 bits per heavy atom. The van der Waals surface area contributed by atoms with Crippen molar-refractivity contribution in [1.29, 1.82) is 0 Å². The molecule has 0 saturated carbocycles. The van der Waals surface area contributed by atoms with Gasteiger partial charge in [-0.2, -0.15) is 18.3 Å². The number of halogens is 3. The second-order valence-electron chi connectivity index (χ2n) is 3.79. The van der Waals surface area contributed by atoms with Crippen LogP contribution in [0.1, 0.15) is 17.1 Å². The highest BCUT2D eigenvalue weighted by Gasteiger charge is 2.33. The van der Waals surface area contributed by atoms with E-state index < -0.39 is 17.4 Å². The lowest BCUT2D eigenvalue weighted by atomic mass is 10.4. The van der Waals surface area contributed by atoms with Crippen molar-refractivity contribution in [3.05, 3.63) is 39.6 Å². The first-order valence-electron chi connectivity index (χ1n) is 4.99. The minimum absolute atomic E-state index is 0.250. The molecule has 0 aliphatic carbocycles. The van der Waals surface area contributed by atoms with Gasteiger partial charge in [-0.05, 0) is 19.9 Å².